The van der Waals surface area contributed by atoms with E-state index in [1.165, 1.54) is 13.8 Å². The summed E-state index contributed by atoms with van der Waals surface area (Å²) in [6, 6.07) is 0. The molecule has 0 unspecified atom stereocenters. The molecule has 7 heteroatoms. The minimum Gasteiger partial charge on any atom is -0.461 e. The predicted octanol–water partition coefficient (Wildman–Crippen LogP) is 3.17. The van der Waals surface area contributed by atoms with E-state index in [9.17, 15) is 19.5 Å². The summed E-state index contributed by atoms with van der Waals surface area (Å²) < 4.78 is 17.0. The molecule has 0 aromatic rings. The molecular formula is C24H32O7. The van der Waals surface area contributed by atoms with Crippen molar-refractivity contribution in [1.29, 1.82) is 0 Å². The van der Waals surface area contributed by atoms with E-state index < -0.39 is 41.8 Å². The van der Waals surface area contributed by atoms with E-state index in [-0.39, 0.29) is 18.3 Å². The van der Waals surface area contributed by atoms with Gasteiger partial charge in [0.1, 0.15) is 18.3 Å². The van der Waals surface area contributed by atoms with E-state index in [1.54, 1.807) is 6.92 Å². The lowest BCUT2D eigenvalue weighted by molar-refractivity contribution is -0.192. The third kappa shape index (κ3) is 4.33. The molecule has 3 aliphatic rings. The topological polar surface area (TPSA) is 99.1 Å². The number of esters is 3. The standard InChI is InChI=1S/C24H32O7/c1-12-9-19(27)22(30-16(5)26)24(6)18(13(2)7-8-21(24)29-15(4)25)11-17-14(3)23(28)31-20(17)10-12/h7,10,18-22,27H,8-9,11H2,1-6H3/b12-10-/t18-,19-,20+,21+,22+,24-/m1/s1. The van der Waals surface area contributed by atoms with Crippen molar-refractivity contribution >= 4 is 17.9 Å². The van der Waals surface area contributed by atoms with Gasteiger partial charge in [-0.15, -0.1) is 0 Å². The van der Waals surface area contributed by atoms with Gasteiger partial charge in [0.05, 0.1) is 11.5 Å². The minimum atomic E-state index is -1.01. The number of hydrogen-bond donors (Lipinski definition) is 1. The average Bonchev–Trinajstić information content (AvgIpc) is 2.91. The summed E-state index contributed by atoms with van der Waals surface area (Å²) in [5.41, 5.74) is 2.40. The van der Waals surface area contributed by atoms with Crippen molar-refractivity contribution in [3.05, 3.63) is 34.4 Å². The Morgan fingerprint density at radius 3 is 2.39 bits per heavy atom. The molecule has 1 N–H and O–H groups in total. The molecule has 0 amide bonds. The van der Waals surface area contributed by atoms with Gasteiger partial charge in [0.2, 0.25) is 0 Å². The molecule has 1 heterocycles. The monoisotopic (exact) mass is 432 g/mol. The Hall–Kier alpha value is -2.41. The van der Waals surface area contributed by atoms with Crippen LogP contribution in [0.4, 0.5) is 0 Å². The Morgan fingerprint density at radius 1 is 1.13 bits per heavy atom. The van der Waals surface area contributed by atoms with Crippen LogP contribution in [0.3, 0.4) is 0 Å². The normalized spacial score (nSPS) is 37.5. The van der Waals surface area contributed by atoms with Crippen LogP contribution in [0.15, 0.2) is 34.4 Å². The second-order valence-electron chi connectivity index (χ2n) is 9.20. The third-order valence-electron chi connectivity index (χ3n) is 6.97. The van der Waals surface area contributed by atoms with Crippen molar-refractivity contribution in [3.63, 3.8) is 0 Å². The van der Waals surface area contributed by atoms with Crippen LogP contribution < -0.4 is 0 Å². The highest BCUT2D eigenvalue weighted by molar-refractivity contribution is 5.92. The van der Waals surface area contributed by atoms with Gasteiger partial charge < -0.3 is 19.3 Å². The van der Waals surface area contributed by atoms with E-state index in [0.29, 0.717) is 18.4 Å². The molecule has 170 valence electrons. The van der Waals surface area contributed by atoms with Crippen molar-refractivity contribution in [1.82, 2.24) is 0 Å². The van der Waals surface area contributed by atoms with Gasteiger partial charge in [0.15, 0.2) is 0 Å². The van der Waals surface area contributed by atoms with Gasteiger partial charge in [0, 0.05) is 25.8 Å². The van der Waals surface area contributed by atoms with Crippen molar-refractivity contribution in [2.24, 2.45) is 11.3 Å². The Bertz CT molecular complexity index is 880. The number of hydrogen-bond acceptors (Lipinski definition) is 7. The quantitative estimate of drug-likeness (QED) is 0.406. The first kappa shape index (κ1) is 23.3. The summed E-state index contributed by atoms with van der Waals surface area (Å²) in [7, 11) is 0. The van der Waals surface area contributed by atoms with Crippen LogP contribution >= 0.6 is 0 Å². The highest BCUT2D eigenvalue weighted by Gasteiger charge is 2.56. The molecule has 0 saturated carbocycles. The van der Waals surface area contributed by atoms with E-state index in [0.717, 1.165) is 16.7 Å². The fourth-order valence-electron chi connectivity index (χ4n) is 5.35. The molecule has 2 aliphatic carbocycles. The van der Waals surface area contributed by atoms with Gasteiger partial charge in [-0.1, -0.05) is 24.1 Å². The van der Waals surface area contributed by atoms with Crippen LogP contribution in [0.5, 0.6) is 0 Å². The van der Waals surface area contributed by atoms with Crippen molar-refractivity contribution in [2.75, 3.05) is 0 Å². The number of ether oxygens (including phenoxy) is 3. The first-order valence-electron chi connectivity index (χ1n) is 10.7. The van der Waals surface area contributed by atoms with Gasteiger partial charge in [0.25, 0.3) is 0 Å². The van der Waals surface area contributed by atoms with Crippen molar-refractivity contribution in [3.8, 4) is 0 Å². The molecule has 7 nitrogen and oxygen atoms in total. The van der Waals surface area contributed by atoms with Crippen LogP contribution in [0.1, 0.15) is 60.8 Å². The van der Waals surface area contributed by atoms with Crippen LogP contribution in [-0.4, -0.2) is 47.4 Å². The van der Waals surface area contributed by atoms with Crippen molar-refractivity contribution < 1.29 is 33.7 Å². The van der Waals surface area contributed by atoms with E-state index in [2.05, 4.69) is 0 Å². The van der Waals surface area contributed by atoms with Gasteiger partial charge in [-0.25, -0.2) is 4.79 Å². The molecule has 0 fully saturated rings. The third-order valence-corrected chi connectivity index (χ3v) is 6.97. The lowest BCUT2D eigenvalue weighted by Crippen LogP contribution is -2.57. The number of carbonyl (C=O) groups excluding carboxylic acids is 3. The summed E-state index contributed by atoms with van der Waals surface area (Å²) >= 11 is 0. The zero-order chi connectivity index (χ0) is 23.1. The second-order valence-corrected chi connectivity index (χ2v) is 9.20. The molecular weight excluding hydrogens is 400 g/mol. The van der Waals surface area contributed by atoms with Crippen molar-refractivity contribution in [2.45, 2.75) is 85.2 Å². The molecule has 0 saturated heterocycles. The lowest BCUT2D eigenvalue weighted by Gasteiger charge is -2.51. The smallest absolute Gasteiger partial charge is 0.334 e. The van der Waals surface area contributed by atoms with E-state index in [1.807, 2.05) is 32.9 Å². The maximum atomic E-state index is 12.3. The predicted molar refractivity (Wildman–Crippen MR) is 113 cm³/mol. The number of rotatable bonds is 2. The molecule has 1 aliphatic heterocycles. The maximum Gasteiger partial charge on any atom is 0.334 e. The Morgan fingerprint density at radius 2 is 1.77 bits per heavy atom. The zero-order valence-corrected chi connectivity index (χ0v) is 19.1. The summed E-state index contributed by atoms with van der Waals surface area (Å²) in [4.78, 5) is 36.3. The molecule has 0 aromatic heterocycles. The summed E-state index contributed by atoms with van der Waals surface area (Å²) in [5, 5.41) is 11.2. The first-order chi connectivity index (χ1) is 14.4. The summed E-state index contributed by atoms with van der Waals surface area (Å²) in [6.45, 7) is 10.2. The molecule has 0 spiro atoms. The Labute approximate surface area is 183 Å². The number of aliphatic hydroxyl groups is 1. The van der Waals surface area contributed by atoms with Crippen LogP contribution in [0.25, 0.3) is 0 Å². The molecule has 0 aromatic carbocycles. The van der Waals surface area contributed by atoms with Gasteiger partial charge in [-0.2, -0.15) is 0 Å². The second kappa shape index (κ2) is 8.61. The largest absolute Gasteiger partial charge is 0.461 e. The molecule has 0 bridgehead atoms. The number of fused-ring (bicyclic) bond motifs is 2. The lowest BCUT2D eigenvalue weighted by atomic mass is 9.58. The fourth-order valence-corrected chi connectivity index (χ4v) is 5.35. The van der Waals surface area contributed by atoms with Gasteiger partial charge in [-0.3, -0.25) is 9.59 Å². The van der Waals surface area contributed by atoms with Crippen LogP contribution in [0, 0.1) is 11.3 Å². The average molecular weight is 433 g/mol. The first-order valence-corrected chi connectivity index (χ1v) is 10.7. The molecule has 0 radical (unpaired) electrons. The van der Waals surface area contributed by atoms with E-state index >= 15 is 0 Å². The zero-order valence-electron chi connectivity index (χ0n) is 19.1. The van der Waals surface area contributed by atoms with E-state index in [4.69, 9.17) is 14.2 Å². The SMILES string of the molecule is CC(=O)O[C@H]1CC=C(C)[C@H]2CC3=C(C)C(=O)O[C@H]3/C=C(/C)C[C@@H](O)[C@H](OC(C)=O)[C@@]12C. The van der Waals surface area contributed by atoms with Crippen LogP contribution in [0.2, 0.25) is 0 Å². The highest BCUT2D eigenvalue weighted by Crippen LogP contribution is 2.52. The highest BCUT2D eigenvalue weighted by atomic mass is 16.6. The fraction of sp³-hybridized carbons (Fsp3) is 0.625. The molecule has 31 heavy (non-hydrogen) atoms. The molecule has 6 atom stereocenters. The van der Waals surface area contributed by atoms with Crippen LogP contribution in [-0.2, 0) is 28.6 Å². The summed E-state index contributed by atoms with van der Waals surface area (Å²) in [6.07, 6.45) is 2.02. The number of allylic oxidation sites excluding steroid dienone is 1. The Kier molecular flexibility index (Phi) is 6.46. The Balaban J connectivity index is 2.22. The minimum absolute atomic E-state index is 0.232. The molecule has 3 rings (SSSR count). The number of carbonyl (C=O) groups is 3. The maximum absolute atomic E-state index is 12.3. The van der Waals surface area contributed by atoms with Gasteiger partial charge in [-0.05, 0) is 51.2 Å². The van der Waals surface area contributed by atoms with Gasteiger partial charge >= 0.3 is 17.9 Å². The number of aliphatic hydroxyl groups excluding tert-OH is 1. The summed E-state index contributed by atoms with van der Waals surface area (Å²) in [5.74, 6) is -1.53.